The summed E-state index contributed by atoms with van der Waals surface area (Å²) in [6.07, 6.45) is 16.0. The Balaban J connectivity index is 1.50. The van der Waals surface area contributed by atoms with Crippen LogP contribution in [0.5, 0.6) is 0 Å². The van der Waals surface area contributed by atoms with Gasteiger partial charge in [0.25, 0.3) is 0 Å². The zero-order valence-corrected chi connectivity index (χ0v) is 14.2. The van der Waals surface area contributed by atoms with Gasteiger partial charge in [-0.3, -0.25) is 4.90 Å². The first-order chi connectivity index (χ1) is 10.3. The largest absolute Gasteiger partial charge is 0.312 e. The molecule has 1 N–H and O–H groups in total. The Morgan fingerprint density at radius 2 is 1.76 bits per heavy atom. The molecule has 2 aliphatic carbocycles. The maximum atomic E-state index is 3.94. The lowest BCUT2D eigenvalue weighted by Gasteiger charge is -2.42. The monoisotopic (exact) mass is 292 g/mol. The number of nitrogens with zero attached hydrogens (tertiary/aromatic N) is 1. The van der Waals surface area contributed by atoms with Crippen molar-refractivity contribution in [3.8, 4) is 0 Å². The minimum absolute atomic E-state index is 0.779. The van der Waals surface area contributed by atoms with Gasteiger partial charge < -0.3 is 5.32 Å². The second-order valence-electron chi connectivity index (χ2n) is 8.04. The summed E-state index contributed by atoms with van der Waals surface area (Å²) < 4.78 is 0. The predicted molar refractivity (Wildman–Crippen MR) is 90.6 cm³/mol. The van der Waals surface area contributed by atoms with Gasteiger partial charge in [-0.1, -0.05) is 39.0 Å². The number of unbranched alkanes of at least 4 members (excludes halogenated alkanes) is 1. The molecule has 0 aromatic rings. The van der Waals surface area contributed by atoms with Crippen LogP contribution in [0.3, 0.4) is 0 Å². The molecular formula is C19H36N2. The van der Waals surface area contributed by atoms with Crippen LogP contribution >= 0.6 is 0 Å². The van der Waals surface area contributed by atoms with Crippen LogP contribution in [0.15, 0.2) is 0 Å². The molecule has 122 valence electrons. The van der Waals surface area contributed by atoms with Gasteiger partial charge in [0.15, 0.2) is 0 Å². The van der Waals surface area contributed by atoms with Gasteiger partial charge in [-0.05, 0) is 56.9 Å². The molecule has 0 spiro atoms. The van der Waals surface area contributed by atoms with E-state index in [0.29, 0.717) is 0 Å². The van der Waals surface area contributed by atoms with E-state index < -0.39 is 0 Å². The molecule has 0 amide bonds. The second kappa shape index (κ2) is 7.97. The van der Waals surface area contributed by atoms with Crippen LogP contribution in [0.25, 0.3) is 0 Å². The lowest BCUT2D eigenvalue weighted by Crippen LogP contribution is -2.53. The Morgan fingerprint density at radius 3 is 2.43 bits per heavy atom. The molecule has 2 saturated carbocycles. The zero-order chi connectivity index (χ0) is 14.5. The van der Waals surface area contributed by atoms with Gasteiger partial charge in [-0.25, -0.2) is 0 Å². The van der Waals surface area contributed by atoms with Gasteiger partial charge in [-0.15, -0.1) is 0 Å². The zero-order valence-electron chi connectivity index (χ0n) is 14.2. The maximum Gasteiger partial charge on any atom is 0.0198 e. The van der Waals surface area contributed by atoms with E-state index in [9.17, 15) is 0 Å². The molecule has 1 heterocycles. The van der Waals surface area contributed by atoms with E-state index in [4.69, 9.17) is 0 Å². The van der Waals surface area contributed by atoms with Gasteiger partial charge in [-0.2, -0.15) is 0 Å². The quantitative estimate of drug-likeness (QED) is 0.756. The molecule has 0 radical (unpaired) electrons. The number of nitrogens with one attached hydrogen (secondary N) is 1. The Kier molecular flexibility index (Phi) is 5.99. The van der Waals surface area contributed by atoms with E-state index in [0.717, 1.165) is 23.9 Å². The Labute approximate surface area is 132 Å². The molecule has 21 heavy (non-hydrogen) atoms. The molecule has 0 aromatic carbocycles. The van der Waals surface area contributed by atoms with Crippen LogP contribution in [-0.4, -0.2) is 36.6 Å². The van der Waals surface area contributed by atoms with Crippen molar-refractivity contribution in [1.82, 2.24) is 10.2 Å². The van der Waals surface area contributed by atoms with Gasteiger partial charge in [0.2, 0.25) is 0 Å². The van der Waals surface area contributed by atoms with Crippen molar-refractivity contribution in [2.45, 2.75) is 89.6 Å². The first kappa shape index (κ1) is 15.8. The summed E-state index contributed by atoms with van der Waals surface area (Å²) in [6.45, 7) is 6.36. The fourth-order valence-corrected chi connectivity index (χ4v) is 4.69. The first-order valence-electron chi connectivity index (χ1n) is 9.82. The third kappa shape index (κ3) is 4.45. The van der Waals surface area contributed by atoms with E-state index in [1.165, 1.54) is 90.3 Å². The lowest BCUT2D eigenvalue weighted by molar-refractivity contribution is 0.0908. The standard InChI is InChI=1S/C19H36N2/c1-2-3-7-17-12-18(20-13-16-8-6-9-16)15-21(14-17)19-10-4-5-11-19/h16-20H,2-15H2,1H3. The van der Waals surface area contributed by atoms with Crippen LogP contribution in [0.1, 0.15) is 77.6 Å². The van der Waals surface area contributed by atoms with Crippen LogP contribution in [0.4, 0.5) is 0 Å². The fourth-order valence-electron chi connectivity index (χ4n) is 4.69. The summed E-state index contributed by atoms with van der Waals surface area (Å²) in [5, 5.41) is 3.94. The van der Waals surface area contributed by atoms with Gasteiger partial charge in [0.1, 0.15) is 0 Å². The summed E-state index contributed by atoms with van der Waals surface area (Å²) >= 11 is 0. The Morgan fingerprint density at radius 1 is 0.952 bits per heavy atom. The smallest absolute Gasteiger partial charge is 0.0198 e. The van der Waals surface area contributed by atoms with Gasteiger partial charge in [0, 0.05) is 25.2 Å². The van der Waals surface area contributed by atoms with Crippen molar-refractivity contribution in [2.75, 3.05) is 19.6 Å². The van der Waals surface area contributed by atoms with Crippen LogP contribution in [-0.2, 0) is 0 Å². The van der Waals surface area contributed by atoms with Crippen molar-refractivity contribution in [3.05, 3.63) is 0 Å². The Bertz CT molecular complexity index is 294. The third-order valence-electron chi connectivity index (χ3n) is 6.29. The predicted octanol–water partition coefficient (Wildman–Crippen LogP) is 4.20. The molecule has 2 heteroatoms. The van der Waals surface area contributed by atoms with Crippen molar-refractivity contribution < 1.29 is 0 Å². The van der Waals surface area contributed by atoms with Crippen molar-refractivity contribution in [2.24, 2.45) is 11.8 Å². The molecule has 0 bridgehead atoms. The third-order valence-corrected chi connectivity index (χ3v) is 6.29. The molecule has 1 saturated heterocycles. The first-order valence-corrected chi connectivity index (χ1v) is 9.82. The molecule has 3 rings (SSSR count). The van der Waals surface area contributed by atoms with E-state index in [-0.39, 0.29) is 0 Å². The second-order valence-corrected chi connectivity index (χ2v) is 8.04. The highest BCUT2D eigenvalue weighted by molar-refractivity contribution is 4.89. The van der Waals surface area contributed by atoms with Crippen molar-refractivity contribution in [1.29, 1.82) is 0 Å². The summed E-state index contributed by atoms with van der Waals surface area (Å²) in [7, 11) is 0. The van der Waals surface area contributed by atoms with E-state index in [1.807, 2.05) is 0 Å². The van der Waals surface area contributed by atoms with E-state index in [1.54, 1.807) is 0 Å². The summed E-state index contributed by atoms with van der Waals surface area (Å²) in [5.74, 6) is 1.96. The van der Waals surface area contributed by atoms with Gasteiger partial charge in [0.05, 0.1) is 0 Å². The lowest BCUT2D eigenvalue weighted by atomic mass is 9.84. The minimum Gasteiger partial charge on any atom is -0.312 e. The van der Waals surface area contributed by atoms with Crippen molar-refractivity contribution in [3.63, 3.8) is 0 Å². The topological polar surface area (TPSA) is 15.3 Å². The molecule has 2 unspecified atom stereocenters. The average molecular weight is 293 g/mol. The van der Waals surface area contributed by atoms with Crippen LogP contribution in [0.2, 0.25) is 0 Å². The number of piperidine rings is 1. The minimum atomic E-state index is 0.779. The molecular weight excluding hydrogens is 256 g/mol. The number of hydrogen-bond donors (Lipinski definition) is 1. The fraction of sp³-hybridized carbons (Fsp3) is 1.00. The molecule has 3 fully saturated rings. The molecule has 3 aliphatic rings. The molecule has 0 aromatic heterocycles. The van der Waals surface area contributed by atoms with E-state index in [2.05, 4.69) is 17.1 Å². The highest BCUT2D eigenvalue weighted by Gasteiger charge is 2.32. The van der Waals surface area contributed by atoms with Crippen LogP contribution < -0.4 is 5.32 Å². The highest BCUT2D eigenvalue weighted by atomic mass is 15.2. The van der Waals surface area contributed by atoms with E-state index >= 15 is 0 Å². The number of likely N-dealkylation sites (tertiary alicyclic amines) is 1. The SMILES string of the molecule is CCCCC1CC(NCC2CCC2)CN(C2CCCC2)C1. The molecule has 1 aliphatic heterocycles. The molecule has 2 nitrogen and oxygen atoms in total. The summed E-state index contributed by atoms with van der Waals surface area (Å²) in [6, 6.07) is 1.70. The van der Waals surface area contributed by atoms with Crippen LogP contribution in [0, 0.1) is 11.8 Å². The summed E-state index contributed by atoms with van der Waals surface area (Å²) in [5.41, 5.74) is 0. The Hall–Kier alpha value is -0.0800. The average Bonchev–Trinajstić information content (AvgIpc) is 2.97. The molecule has 2 atom stereocenters. The number of hydrogen-bond acceptors (Lipinski definition) is 2. The summed E-state index contributed by atoms with van der Waals surface area (Å²) in [4.78, 5) is 2.87. The maximum absolute atomic E-state index is 3.94. The number of rotatable bonds is 7. The van der Waals surface area contributed by atoms with Gasteiger partial charge >= 0.3 is 0 Å². The van der Waals surface area contributed by atoms with Crippen molar-refractivity contribution >= 4 is 0 Å². The highest BCUT2D eigenvalue weighted by Crippen LogP contribution is 2.31. The normalized spacial score (nSPS) is 32.4.